The Hall–Kier alpha value is -2.69. The van der Waals surface area contributed by atoms with Crippen LogP contribution in [0, 0.1) is 0 Å². The Balaban J connectivity index is 1.81. The fourth-order valence-electron chi connectivity index (χ4n) is 2.44. The minimum atomic E-state index is -0.689. The molecule has 2 aromatic rings. The van der Waals surface area contributed by atoms with Crippen molar-refractivity contribution in [2.75, 3.05) is 31.7 Å². The Morgan fingerprint density at radius 3 is 2.44 bits per heavy atom. The summed E-state index contributed by atoms with van der Waals surface area (Å²) < 4.78 is 15.6. The van der Waals surface area contributed by atoms with Gasteiger partial charge in [0.15, 0.2) is 0 Å². The maximum Gasteiger partial charge on any atom is 0.513 e. The first kappa shape index (κ1) is 18.6. The summed E-state index contributed by atoms with van der Waals surface area (Å²) in [6.07, 6.45) is 0.257. The van der Waals surface area contributed by atoms with Crippen molar-refractivity contribution in [1.29, 1.82) is 0 Å². The van der Waals surface area contributed by atoms with Crippen LogP contribution in [-0.2, 0) is 11.2 Å². The van der Waals surface area contributed by atoms with E-state index in [9.17, 15) is 4.79 Å². The first-order valence-electron chi connectivity index (χ1n) is 8.48. The standard InChI is InChI=1S/C20H25NO4/c1-4-16-9-11-18(12-10-16)25-20(22)24-14-13-21(5-2)17-7-6-8-19(15-17)23-3/h6-12,15H,4-5,13-14H2,1-3H3. The Morgan fingerprint density at radius 1 is 1.04 bits per heavy atom. The van der Waals surface area contributed by atoms with Crippen LogP contribution in [0.5, 0.6) is 11.5 Å². The van der Waals surface area contributed by atoms with Gasteiger partial charge in [0.25, 0.3) is 0 Å². The van der Waals surface area contributed by atoms with Crippen LogP contribution in [0.4, 0.5) is 10.5 Å². The monoisotopic (exact) mass is 343 g/mol. The average molecular weight is 343 g/mol. The fourth-order valence-corrected chi connectivity index (χ4v) is 2.44. The lowest BCUT2D eigenvalue weighted by molar-refractivity contribution is 0.101. The molecule has 5 nitrogen and oxygen atoms in total. The highest BCUT2D eigenvalue weighted by Crippen LogP contribution is 2.20. The number of carbonyl (C=O) groups is 1. The van der Waals surface area contributed by atoms with E-state index in [0.29, 0.717) is 12.3 Å². The zero-order valence-electron chi connectivity index (χ0n) is 15.0. The number of likely N-dealkylation sites (N-methyl/N-ethyl adjacent to an activating group) is 1. The molecule has 25 heavy (non-hydrogen) atoms. The van der Waals surface area contributed by atoms with Gasteiger partial charge in [-0.05, 0) is 43.2 Å². The molecule has 0 unspecified atom stereocenters. The largest absolute Gasteiger partial charge is 0.513 e. The number of nitrogens with zero attached hydrogens (tertiary/aromatic N) is 1. The number of carbonyl (C=O) groups excluding carboxylic acids is 1. The molecular formula is C20H25NO4. The fraction of sp³-hybridized carbons (Fsp3) is 0.350. The molecule has 0 radical (unpaired) electrons. The number of hydrogen-bond acceptors (Lipinski definition) is 5. The van der Waals surface area contributed by atoms with E-state index in [0.717, 1.165) is 24.4 Å². The Kier molecular flexibility index (Phi) is 7.14. The maximum absolute atomic E-state index is 11.8. The third-order valence-electron chi connectivity index (χ3n) is 3.91. The number of ether oxygens (including phenoxy) is 3. The summed E-state index contributed by atoms with van der Waals surface area (Å²) >= 11 is 0. The molecule has 0 aromatic heterocycles. The first-order valence-corrected chi connectivity index (χ1v) is 8.48. The number of hydrogen-bond donors (Lipinski definition) is 0. The van der Waals surface area contributed by atoms with Crippen LogP contribution in [0.1, 0.15) is 19.4 Å². The van der Waals surface area contributed by atoms with Crippen molar-refractivity contribution in [3.8, 4) is 11.5 Å². The third-order valence-corrected chi connectivity index (χ3v) is 3.91. The summed E-state index contributed by atoms with van der Waals surface area (Å²) in [4.78, 5) is 13.9. The molecule has 2 rings (SSSR count). The number of aryl methyl sites for hydroxylation is 1. The van der Waals surface area contributed by atoms with Crippen molar-refractivity contribution in [3.05, 3.63) is 54.1 Å². The van der Waals surface area contributed by atoms with Gasteiger partial charge in [-0.15, -0.1) is 0 Å². The summed E-state index contributed by atoms with van der Waals surface area (Å²) in [6.45, 7) is 5.74. The number of anilines is 1. The summed E-state index contributed by atoms with van der Waals surface area (Å²) in [5.74, 6) is 1.29. The molecule has 0 aliphatic rings. The summed E-state index contributed by atoms with van der Waals surface area (Å²) in [6, 6.07) is 15.2. The SMILES string of the molecule is CCc1ccc(OC(=O)OCCN(CC)c2cccc(OC)c2)cc1. The first-order chi connectivity index (χ1) is 12.2. The molecular weight excluding hydrogens is 318 g/mol. The van der Waals surface area contributed by atoms with Crippen LogP contribution in [0.25, 0.3) is 0 Å². The Labute approximate surface area is 149 Å². The van der Waals surface area contributed by atoms with Gasteiger partial charge < -0.3 is 19.1 Å². The Morgan fingerprint density at radius 2 is 1.80 bits per heavy atom. The second kappa shape index (κ2) is 9.57. The lowest BCUT2D eigenvalue weighted by atomic mass is 10.2. The highest BCUT2D eigenvalue weighted by atomic mass is 16.7. The molecule has 5 heteroatoms. The average Bonchev–Trinajstić information content (AvgIpc) is 2.66. The second-order valence-electron chi connectivity index (χ2n) is 5.48. The smallest absolute Gasteiger partial charge is 0.497 e. The van der Waals surface area contributed by atoms with Gasteiger partial charge in [-0.1, -0.05) is 25.1 Å². The van der Waals surface area contributed by atoms with Crippen molar-refractivity contribution in [3.63, 3.8) is 0 Å². The van der Waals surface area contributed by atoms with Gasteiger partial charge in [-0.25, -0.2) is 4.79 Å². The minimum absolute atomic E-state index is 0.247. The molecule has 0 amide bonds. The number of rotatable bonds is 8. The summed E-state index contributed by atoms with van der Waals surface area (Å²) in [5.41, 5.74) is 2.21. The van der Waals surface area contributed by atoms with E-state index in [1.807, 2.05) is 43.3 Å². The van der Waals surface area contributed by atoms with Crippen molar-refractivity contribution in [2.24, 2.45) is 0 Å². The van der Waals surface area contributed by atoms with Crippen LogP contribution in [0.15, 0.2) is 48.5 Å². The molecule has 0 saturated heterocycles. The second-order valence-corrected chi connectivity index (χ2v) is 5.48. The van der Waals surface area contributed by atoms with E-state index in [2.05, 4.69) is 11.8 Å². The van der Waals surface area contributed by atoms with Gasteiger partial charge in [0.2, 0.25) is 0 Å². The van der Waals surface area contributed by atoms with Crippen LogP contribution < -0.4 is 14.4 Å². The Bertz CT molecular complexity index is 670. The third kappa shape index (κ3) is 5.71. The van der Waals surface area contributed by atoms with Crippen LogP contribution in [-0.4, -0.2) is 33.0 Å². The van der Waals surface area contributed by atoms with Gasteiger partial charge in [-0.2, -0.15) is 0 Å². The van der Waals surface area contributed by atoms with E-state index in [1.165, 1.54) is 5.56 Å². The zero-order valence-corrected chi connectivity index (χ0v) is 15.0. The summed E-state index contributed by atoms with van der Waals surface area (Å²) in [7, 11) is 1.64. The number of benzene rings is 2. The molecule has 0 bridgehead atoms. The van der Waals surface area contributed by atoms with Gasteiger partial charge in [0.05, 0.1) is 13.7 Å². The van der Waals surface area contributed by atoms with E-state index < -0.39 is 6.16 Å². The minimum Gasteiger partial charge on any atom is -0.497 e. The van der Waals surface area contributed by atoms with Crippen LogP contribution in [0.3, 0.4) is 0 Å². The molecule has 0 fully saturated rings. The van der Waals surface area contributed by atoms with Crippen molar-refractivity contribution in [1.82, 2.24) is 0 Å². The molecule has 0 N–H and O–H groups in total. The molecule has 0 aliphatic heterocycles. The van der Waals surface area contributed by atoms with Gasteiger partial charge >= 0.3 is 6.16 Å². The van der Waals surface area contributed by atoms with Crippen molar-refractivity contribution < 1.29 is 19.0 Å². The maximum atomic E-state index is 11.8. The molecule has 134 valence electrons. The lowest BCUT2D eigenvalue weighted by Crippen LogP contribution is -2.28. The van der Waals surface area contributed by atoms with E-state index in [4.69, 9.17) is 14.2 Å². The van der Waals surface area contributed by atoms with Gasteiger partial charge in [-0.3, -0.25) is 0 Å². The lowest BCUT2D eigenvalue weighted by Gasteiger charge is -2.23. The molecule has 0 spiro atoms. The highest BCUT2D eigenvalue weighted by molar-refractivity contribution is 5.63. The van der Waals surface area contributed by atoms with Crippen molar-refractivity contribution >= 4 is 11.8 Å². The summed E-state index contributed by atoms with van der Waals surface area (Å²) in [5, 5.41) is 0. The molecule has 0 saturated carbocycles. The molecule has 0 atom stereocenters. The van der Waals surface area contributed by atoms with E-state index in [-0.39, 0.29) is 6.61 Å². The van der Waals surface area contributed by atoms with E-state index >= 15 is 0 Å². The highest BCUT2D eigenvalue weighted by Gasteiger charge is 2.09. The molecule has 0 aliphatic carbocycles. The quantitative estimate of drug-likeness (QED) is 0.528. The zero-order chi connectivity index (χ0) is 18.1. The van der Waals surface area contributed by atoms with Crippen LogP contribution in [0.2, 0.25) is 0 Å². The normalized spacial score (nSPS) is 10.2. The predicted molar refractivity (Wildman–Crippen MR) is 98.7 cm³/mol. The van der Waals surface area contributed by atoms with Crippen LogP contribution >= 0.6 is 0 Å². The van der Waals surface area contributed by atoms with Gasteiger partial charge in [0, 0.05) is 18.3 Å². The van der Waals surface area contributed by atoms with Crippen molar-refractivity contribution in [2.45, 2.75) is 20.3 Å². The predicted octanol–water partition coefficient (Wildman–Crippen LogP) is 4.30. The molecule has 2 aromatic carbocycles. The topological polar surface area (TPSA) is 48.0 Å². The van der Waals surface area contributed by atoms with E-state index in [1.54, 1.807) is 19.2 Å². The molecule has 0 heterocycles. The van der Waals surface area contributed by atoms with Gasteiger partial charge in [0.1, 0.15) is 18.1 Å². The number of methoxy groups -OCH3 is 1.